The van der Waals surface area contributed by atoms with Crippen LogP contribution in [0.2, 0.25) is 0 Å². The second-order valence-electron chi connectivity index (χ2n) is 6.92. The van der Waals surface area contributed by atoms with E-state index in [2.05, 4.69) is 32.4 Å². The van der Waals surface area contributed by atoms with Crippen molar-refractivity contribution in [1.29, 1.82) is 0 Å². The van der Waals surface area contributed by atoms with Crippen molar-refractivity contribution in [2.45, 2.75) is 0 Å². The molecular weight excluding hydrogens is 369 g/mol. The third kappa shape index (κ3) is 3.64. The van der Waals surface area contributed by atoms with Gasteiger partial charge in [-0.05, 0) is 42.5 Å². The SMILES string of the molecule is Fc1cccc(-c2ccc3cnc(Nc4cccc(N5CCOCC5)c4)nn23)c1. The molecule has 0 spiro atoms. The summed E-state index contributed by atoms with van der Waals surface area (Å²) in [5.74, 6) is 0.204. The summed E-state index contributed by atoms with van der Waals surface area (Å²) in [6, 6.07) is 18.5. The lowest BCUT2D eigenvalue weighted by Crippen LogP contribution is -2.36. The highest BCUT2D eigenvalue weighted by Gasteiger charge is 2.12. The molecule has 3 heterocycles. The van der Waals surface area contributed by atoms with Crippen molar-refractivity contribution in [1.82, 2.24) is 14.6 Å². The monoisotopic (exact) mass is 389 g/mol. The third-order valence-electron chi connectivity index (χ3n) is 5.00. The Morgan fingerprint density at radius 2 is 1.83 bits per heavy atom. The number of anilines is 3. The second-order valence-corrected chi connectivity index (χ2v) is 6.92. The minimum atomic E-state index is -0.273. The van der Waals surface area contributed by atoms with Crippen LogP contribution in [0.1, 0.15) is 0 Å². The molecule has 1 N–H and O–H groups in total. The van der Waals surface area contributed by atoms with E-state index in [0.29, 0.717) is 5.95 Å². The standard InChI is InChI=1S/C22H20FN5O/c23-17-4-1-3-16(13-17)21-8-7-20-15-24-22(26-28(20)21)25-18-5-2-6-19(14-18)27-9-11-29-12-10-27/h1-8,13-15H,9-12H2,(H,25,26). The number of nitrogens with one attached hydrogen (secondary N) is 1. The van der Waals surface area contributed by atoms with Crippen molar-refractivity contribution in [3.63, 3.8) is 0 Å². The predicted octanol–water partition coefficient (Wildman–Crippen LogP) is 4.12. The molecule has 6 nitrogen and oxygen atoms in total. The largest absolute Gasteiger partial charge is 0.378 e. The van der Waals surface area contributed by atoms with Gasteiger partial charge >= 0.3 is 0 Å². The quantitative estimate of drug-likeness (QED) is 0.569. The zero-order chi connectivity index (χ0) is 19.6. The Bertz CT molecular complexity index is 1150. The highest BCUT2D eigenvalue weighted by molar-refractivity contribution is 5.67. The summed E-state index contributed by atoms with van der Waals surface area (Å²) < 4.78 is 20.9. The number of rotatable bonds is 4. The van der Waals surface area contributed by atoms with Gasteiger partial charge in [0.2, 0.25) is 5.95 Å². The summed E-state index contributed by atoms with van der Waals surface area (Å²) in [7, 11) is 0. The van der Waals surface area contributed by atoms with E-state index in [1.165, 1.54) is 12.1 Å². The molecule has 2 aromatic carbocycles. The van der Waals surface area contributed by atoms with Gasteiger partial charge in [0, 0.05) is 30.0 Å². The van der Waals surface area contributed by atoms with E-state index in [-0.39, 0.29) is 5.82 Å². The van der Waals surface area contributed by atoms with Crippen molar-refractivity contribution >= 4 is 22.8 Å². The maximum atomic E-state index is 13.7. The van der Waals surface area contributed by atoms with Gasteiger partial charge in [-0.1, -0.05) is 18.2 Å². The van der Waals surface area contributed by atoms with Crippen LogP contribution < -0.4 is 10.2 Å². The molecule has 0 aliphatic carbocycles. The van der Waals surface area contributed by atoms with E-state index in [9.17, 15) is 4.39 Å². The van der Waals surface area contributed by atoms with Gasteiger partial charge in [-0.25, -0.2) is 13.9 Å². The van der Waals surface area contributed by atoms with Crippen LogP contribution in [0.15, 0.2) is 66.9 Å². The first-order valence-electron chi connectivity index (χ1n) is 9.57. The van der Waals surface area contributed by atoms with Crippen molar-refractivity contribution in [3.05, 3.63) is 72.7 Å². The molecule has 2 aromatic heterocycles. The zero-order valence-electron chi connectivity index (χ0n) is 15.8. The van der Waals surface area contributed by atoms with Crippen LogP contribution in [0.4, 0.5) is 21.7 Å². The Morgan fingerprint density at radius 1 is 0.966 bits per heavy atom. The molecule has 0 saturated carbocycles. The lowest BCUT2D eigenvalue weighted by atomic mass is 10.1. The summed E-state index contributed by atoms with van der Waals surface area (Å²) in [5.41, 5.74) is 4.47. The van der Waals surface area contributed by atoms with Crippen LogP contribution in [0.3, 0.4) is 0 Å². The molecule has 1 fully saturated rings. The van der Waals surface area contributed by atoms with Gasteiger partial charge < -0.3 is 15.0 Å². The fraction of sp³-hybridized carbons (Fsp3) is 0.182. The van der Waals surface area contributed by atoms with E-state index in [1.807, 2.05) is 30.3 Å². The zero-order valence-corrected chi connectivity index (χ0v) is 15.8. The van der Waals surface area contributed by atoms with E-state index in [4.69, 9.17) is 4.74 Å². The molecule has 4 aromatic rings. The highest BCUT2D eigenvalue weighted by atomic mass is 19.1. The van der Waals surface area contributed by atoms with Gasteiger partial charge in [0.1, 0.15) is 5.82 Å². The molecule has 29 heavy (non-hydrogen) atoms. The van der Waals surface area contributed by atoms with E-state index in [0.717, 1.165) is 54.5 Å². The van der Waals surface area contributed by atoms with Crippen molar-refractivity contribution in [2.24, 2.45) is 0 Å². The van der Waals surface area contributed by atoms with Crippen LogP contribution in [0.25, 0.3) is 16.8 Å². The van der Waals surface area contributed by atoms with Crippen molar-refractivity contribution in [3.8, 4) is 11.3 Å². The first-order chi connectivity index (χ1) is 14.3. The Hall–Kier alpha value is -3.45. The molecule has 1 saturated heterocycles. The van der Waals surface area contributed by atoms with E-state index in [1.54, 1.807) is 16.8 Å². The predicted molar refractivity (Wildman–Crippen MR) is 111 cm³/mol. The number of aromatic nitrogens is 3. The Kier molecular flexibility index (Phi) is 4.57. The fourth-order valence-electron chi connectivity index (χ4n) is 3.56. The lowest BCUT2D eigenvalue weighted by molar-refractivity contribution is 0.122. The maximum absolute atomic E-state index is 13.7. The smallest absolute Gasteiger partial charge is 0.245 e. The molecule has 1 aliphatic heterocycles. The molecule has 0 atom stereocenters. The Morgan fingerprint density at radius 3 is 2.69 bits per heavy atom. The van der Waals surface area contributed by atoms with E-state index < -0.39 is 0 Å². The molecule has 146 valence electrons. The first-order valence-corrected chi connectivity index (χ1v) is 9.57. The van der Waals surface area contributed by atoms with Gasteiger partial charge in [-0.15, -0.1) is 5.10 Å². The number of fused-ring (bicyclic) bond motifs is 1. The van der Waals surface area contributed by atoms with Crippen LogP contribution in [-0.4, -0.2) is 40.9 Å². The van der Waals surface area contributed by atoms with E-state index >= 15 is 0 Å². The number of hydrogen-bond acceptors (Lipinski definition) is 5. The van der Waals surface area contributed by atoms with Gasteiger partial charge in [0.25, 0.3) is 0 Å². The Labute approximate surface area is 167 Å². The molecule has 0 bridgehead atoms. The number of benzene rings is 2. The Balaban J connectivity index is 1.44. The normalized spacial score (nSPS) is 14.3. The van der Waals surface area contributed by atoms with Crippen LogP contribution in [0.5, 0.6) is 0 Å². The van der Waals surface area contributed by atoms with Crippen molar-refractivity contribution in [2.75, 3.05) is 36.5 Å². The first kappa shape index (κ1) is 17.6. The number of halogens is 1. The van der Waals surface area contributed by atoms with Crippen LogP contribution in [0, 0.1) is 5.82 Å². The second kappa shape index (κ2) is 7.52. The number of ether oxygens (including phenoxy) is 1. The summed E-state index contributed by atoms with van der Waals surface area (Å²) in [6.45, 7) is 3.25. The number of hydrogen-bond donors (Lipinski definition) is 1. The average molecular weight is 389 g/mol. The van der Waals surface area contributed by atoms with Crippen molar-refractivity contribution < 1.29 is 9.13 Å². The number of nitrogens with zero attached hydrogens (tertiary/aromatic N) is 4. The molecular formula is C22H20FN5O. The van der Waals surface area contributed by atoms with Gasteiger partial charge in [-0.3, -0.25) is 0 Å². The molecule has 0 radical (unpaired) electrons. The minimum Gasteiger partial charge on any atom is -0.378 e. The molecule has 7 heteroatoms. The molecule has 0 amide bonds. The third-order valence-corrected chi connectivity index (χ3v) is 5.00. The highest BCUT2D eigenvalue weighted by Crippen LogP contribution is 2.25. The molecule has 5 rings (SSSR count). The number of morpholine rings is 1. The fourth-order valence-corrected chi connectivity index (χ4v) is 3.56. The average Bonchev–Trinajstić information content (AvgIpc) is 3.18. The molecule has 1 aliphatic rings. The summed E-state index contributed by atoms with van der Waals surface area (Å²) >= 11 is 0. The molecule has 0 unspecified atom stereocenters. The van der Waals surface area contributed by atoms with Gasteiger partial charge in [0.05, 0.1) is 30.6 Å². The summed E-state index contributed by atoms with van der Waals surface area (Å²) in [6.07, 6.45) is 1.75. The maximum Gasteiger partial charge on any atom is 0.245 e. The minimum absolute atomic E-state index is 0.273. The summed E-state index contributed by atoms with van der Waals surface area (Å²) in [4.78, 5) is 6.72. The van der Waals surface area contributed by atoms with Gasteiger partial charge in [0.15, 0.2) is 0 Å². The van der Waals surface area contributed by atoms with Gasteiger partial charge in [-0.2, -0.15) is 0 Å². The van der Waals surface area contributed by atoms with Crippen LogP contribution >= 0.6 is 0 Å². The topological polar surface area (TPSA) is 54.7 Å². The lowest BCUT2D eigenvalue weighted by Gasteiger charge is -2.29. The van der Waals surface area contributed by atoms with Crippen LogP contribution in [-0.2, 0) is 4.74 Å². The summed E-state index contributed by atoms with van der Waals surface area (Å²) in [5, 5.41) is 7.90.